The lowest BCUT2D eigenvalue weighted by molar-refractivity contribution is 0.169. The predicted molar refractivity (Wildman–Crippen MR) is 81.2 cm³/mol. The standard InChI is InChI=1S/C15H24BrNO/c1-6-17-11(4)13-7-8-15(14(16)9-13)18-12(5)10(2)3/h7-12,17H,6H2,1-5H3. The second-order valence-corrected chi connectivity index (χ2v) is 5.89. The van der Waals surface area contributed by atoms with Crippen molar-refractivity contribution in [3.05, 3.63) is 28.2 Å². The maximum Gasteiger partial charge on any atom is 0.133 e. The lowest BCUT2D eigenvalue weighted by atomic mass is 10.1. The van der Waals surface area contributed by atoms with E-state index in [1.54, 1.807) is 0 Å². The molecule has 18 heavy (non-hydrogen) atoms. The smallest absolute Gasteiger partial charge is 0.133 e. The molecule has 0 saturated carbocycles. The van der Waals surface area contributed by atoms with Gasteiger partial charge in [0.1, 0.15) is 5.75 Å². The van der Waals surface area contributed by atoms with E-state index < -0.39 is 0 Å². The Labute approximate surface area is 119 Å². The van der Waals surface area contributed by atoms with Crippen LogP contribution in [0.2, 0.25) is 0 Å². The van der Waals surface area contributed by atoms with Crippen molar-refractivity contribution in [1.82, 2.24) is 5.32 Å². The molecule has 3 heteroatoms. The number of nitrogens with one attached hydrogen (secondary N) is 1. The Kier molecular flexibility index (Phi) is 6.16. The van der Waals surface area contributed by atoms with Gasteiger partial charge in [-0.2, -0.15) is 0 Å². The van der Waals surface area contributed by atoms with Gasteiger partial charge in [0.2, 0.25) is 0 Å². The Morgan fingerprint density at radius 3 is 2.39 bits per heavy atom. The SMILES string of the molecule is CCNC(C)c1ccc(OC(C)C(C)C)c(Br)c1. The molecule has 0 aromatic heterocycles. The fraction of sp³-hybridized carbons (Fsp3) is 0.600. The average molecular weight is 314 g/mol. The average Bonchev–Trinajstić information content (AvgIpc) is 2.31. The fourth-order valence-electron chi connectivity index (χ4n) is 1.64. The molecule has 0 radical (unpaired) electrons. The first-order valence-corrected chi connectivity index (χ1v) is 7.44. The van der Waals surface area contributed by atoms with Crippen molar-refractivity contribution in [3.63, 3.8) is 0 Å². The van der Waals surface area contributed by atoms with Crippen LogP contribution in [0.15, 0.2) is 22.7 Å². The van der Waals surface area contributed by atoms with Gasteiger partial charge >= 0.3 is 0 Å². The van der Waals surface area contributed by atoms with E-state index in [4.69, 9.17) is 4.74 Å². The molecule has 1 N–H and O–H groups in total. The molecule has 2 atom stereocenters. The van der Waals surface area contributed by atoms with Crippen LogP contribution >= 0.6 is 15.9 Å². The summed E-state index contributed by atoms with van der Waals surface area (Å²) in [7, 11) is 0. The number of benzene rings is 1. The van der Waals surface area contributed by atoms with Crippen molar-refractivity contribution in [2.75, 3.05) is 6.54 Å². The van der Waals surface area contributed by atoms with Crippen molar-refractivity contribution in [1.29, 1.82) is 0 Å². The third kappa shape index (κ3) is 4.29. The summed E-state index contributed by atoms with van der Waals surface area (Å²) in [6.45, 7) is 11.7. The highest BCUT2D eigenvalue weighted by atomic mass is 79.9. The van der Waals surface area contributed by atoms with Gasteiger partial charge in [-0.3, -0.25) is 0 Å². The van der Waals surface area contributed by atoms with Gasteiger partial charge in [-0.15, -0.1) is 0 Å². The molecule has 2 unspecified atom stereocenters. The molecule has 0 aliphatic rings. The molecule has 0 amide bonds. The molecule has 1 aromatic rings. The first-order valence-electron chi connectivity index (χ1n) is 6.65. The predicted octanol–water partition coefficient (Wildman–Crippen LogP) is 4.54. The zero-order chi connectivity index (χ0) is 13.7. The number of hydrogen-bond acceptors (Lipinski definition) is 2. The normalized spacial score (nSPS) is 14.6. The molecule has 1 aromatic carbocycles. The molecule has 2 nitrogen and oxygen atoms in total. The zero-order valence-electron chi connectivity index (χ0n) is 12.0. The minimum absolute atomic E-state index is 0.221. The summed E-state index contributed by atoms with van der Waals surface area (Å²) in [6, 6.07) is 6.67. The molecule has 0 bridgehead atoms. The van der Waals surface area contributed by atoms with Gasteiger partial charge < -0.3 is 10.1 Å². The molecule has 0 heterocycles. The number of hydrogen-bond donors (Lipinski definition) is 1. The summed E-state index contributed by atoms with van der Waals surface area (Å²) >= 11 is 3.59. The lowest BCUT2D eigenvalue weighted by Crippen LogP contribution is -2.19. The lowest BCUT2D eigenvalue weighted by Gasteiger charge is -2.20. The van der Waals surface area contributed by atoms with Crippen LogP contribution in [0.3, 0.4) is 0 Å². The third-order valence-corrected chi connectivity index (χ3v) is 3.84. The van der Waals surface area contributed by atoms with Crippen LogP contribution in [-0.2, 0) is 0 Å². The molecule has 102 valence electrons. The minimum Gasteiger partial charge on any atom is -0.489 e. The van der Waals surface area contributed by atoms with Crippen LogP contribution in [0.1, 0.15) is 46.2 Å². The quantitative estimate of drug-likeness (QED) is 0.832. The highest BCUT2D eigenvalue weighted by Crippen LogP contribution is 2.29. The molecule has 0 spiro atoms. The molecular formula is C15H24BrNO. The number of rotatable bonds is 6. The molecule has 0 aliphatic heterocycles. The van der Waals surface area contributed by atoms with Crippen molar-refractivity contribution in [2.24, 2.45) is 5.92 Å². The van der Waals surface area contributed by atoms with E-state index in [0.29, 0.717) is 12.0 Å². The summed E-state index contributed by atoms with van der Waals surface area (Å²) in [5.74, 6) is 1.43. The second kappa shape index (κ2) is 7.15. The van der Waals surface area contributed by atoms with Crippen molar-refractivity contribution < 1.29 is 4.74 Å². The van der Waals surface area contributed by atoms with Crippen molar-refractivity contribution in [3.8, 4) is 5.75 Å². The molecule has 0 saturated heterocycles. The highest BCUT2D eigenvalue weighted by molar-refractivity contribution is 9.10. The van der Waals surface area contributed by atoms with Gasteiger partial charge in [-0.1, -0.05) is 26.8 Å². The maximum absolute atomic E-state index is 5.93. The Morgan fingerprint density at radius 2 is 1.89 bits per heavy atom. The molecule has 0 fully saturated rings. The topological polar surface area (TPSA) is 21.3 Å². The highest BCUT2D eigenvalue weighted by Gasteiger charge is 2.12. The largest absolute Gasteiger partial charge is 0.489 e. The number of halogens is 1. The monoisotopic (exact) mass is 313 g/mol. The van der Waals surface area contributed by atoms with Crippen LogP contribution < -0.4 is 10.1 Å². The van der Waals surface area contributed by atoms with E-state index in [1.165, 1.54) is 5.56 Å². The van der Waals surface area contributed by atoms with Gasteiger partial charge in [-0.25, -0.2) is 0 Å². The van der Waals surface area contributed by atoms with Crippen LogP contribution in [0.5, 0.6) is 5.75 Å². The van der Waals surface area contributed by atoms with Crippen molar-refractivity contribution in [2.45, 2.75) is 46.8 Å². The maximum atomic E-state index is 5.93. The van der Waals surface area contributed by atoms with Crippen LogP contribution in [-0.4, -0.2) is 12.6 Å². The summed E-state index contributed by atoms with van der Waals surface area (Å²) in [5.41, 5.74) is 1.27. The van der Waals surface area contributed by atoms with E-state index >= 15 is 0 Å². The zero-order valence-corrected chi connectivity index (χ0v) is 13.5. The van der Waals surface area contributed by atoms with Gasteiger partial charge in [0, 0.05) is 6.04 Å². The van der Waals surface area contributed by atoms with Gasteiger partial charge in [0.05, 0.1) is 10.6 Å². The first kappa shape index (κ1) is 15.5. The van der Waals surface area contributed by atoms with Crippen LogP contribution in [0.4, 0.5) is 0 Å². The van der Waals surface area contributed by atoms with Gasteiger partial charge in [0.25, 0.3) is 0 Å². The Morgan fingerprint density at radius 1 is 1.22 bits per heavy atom. The van der Waals surface area contributed by atoms with Gasteiger partial charge in [-0.05, 0) is 59.9 Å². The minimum atomic E-state index is 0.221. The Bertz CT molecular complexity index is 379. The van der Waals surface area contributed by atoms with E-state index in [0.717, 1.165) is 16.8 Å². The Hall–Kier alpha value is -0.540. The Balaban J connectivity index is 2.79. The van der Waals surface area contributed by atoms with E-state index in [1.807, 2.05) is 6.07 Å². The van der Waals surface area contributed by atoms with Crippen LogP contribution in [0, 0.1) is 5.92 Å². The summed E-state index contributed by atoms with van der Waals surface area (Å²) in [5, 5.41) is 3.41. The first-order chi connectivity index (χ1) is 8.45. The van der Waals surface area contributed by atoms with Crippen molar-refractivity contribution >= 4 is 15.9 Å². The van der Waals surface area contributed by atoms with Crippen LogP contribution in [0.25, 0.3) is 0 Å². The van der Waals surface area contributed by atoms with E-state index in [-0.39, 0.29) is 6.10 Å². The van der Waals surface area contributed by atoms with Gasteiger partial charge in [0.15, 0.2) is 0 Å². The second-order valence-electron chi connectivity index (χ2n) is 5.04. The molecule has 0 aliphatic carbocycles. The number of ether oxygens (including phenoxy) is 1. The molecular weight excluding hydrogens is 290 g/mol. The van der Waals surface area contributed by atoms with E-state index in [2.05, 4.69) is 68.0 Å². The summed E-state index contributed by atoms with van der Waals surface area (Å²) < 4.78 is 6.96. The summed E-state index contributed by atoms with van der Waals surface area (Å²) in [6.07, 6.45) is 0.221. The summed E-state index contributed by atoms with van der Waals surface area (Å²) in [4.78, 5) is 0. The fourth-order valence-corrected chi connectivity index (χ4v) is 2.13. The third-order valence-electron chi connectivity index (χ3n) is 3.22. The molecule has 1 rings (SSSR count). The van der Waals surface area contributed by atoms with E-state index in [9.17, 15) is 0 Å².